The molecule has 0 aromatic heterocycles. The van der Waals surface area contributed by atoms with Crippen LogP contribution in [0.5, 0.6) is 0 Å². The molecule has 100 valence electrons. The second kappa shape index (κ2) is 4.27. The average molecular weight is 276 g/mol. The van der Waals surface area contributed by atoms with Crippen LogP contribution in [0, 0.1) is 6.92 Å². The number of aryl methyl sites for hydroxylation is 1. The summed E-state index contributed by atoms with van der Waals surface area (Å²) in [5, 5.41) is 11.2. The lowest BCUT2D eigenvalue weighted by Crippen LogP contribution is -2.50. The van der Waals surface area contributed by atoms with E-state index in [1.165, 1.54) is 4.90 Å². The number of benzene rings is 1. The molecule has 2 atom stereocenters. The molecule has 2 aliphatic rings. The summed E-state index contributed by atoms with van der Waals surface area (Å²) in [5.74, 6) is -0.835. The SMILES string of the molecule is Cc1ccc([C@@]23CCC(=O)N2[C@H](C(=O)[O-])CS3)cc1. The summed E-state index contributed by atoms with van der Waals surface area (Å²) in [6.45, 7) is 2.00. The predicted molar refractivity (Wildman–Crippen MR) is 70.2 cm³/mol. The molecule has 0 saturated carbocycles. The summed E-state index contributed by atoms with van der Waals surface area (Å²) in [7, 11) is 0. The summed E-state index contributed by atoms with van der Waals surface area (Å²) in [6.07, 6.45) is 1.08. The number of fused-ring (bicyclic) bond motifs is 1. The van der Waals surface area contributed by atoms with E-state index >= 15 is 0 Å². The molecule has 19 heavy (non-hydrogen) atoms. The van der Waals surface area contributed by atoms with Crippen LogP contribution in [0.3, 0.4) is 0 Å². The van der Waals surface area contributed by atoms with Gasteiger partial charge in [-0.1, -0.05) is 29.8 Å². The van der Waals surface area contributed by atoms with Gasteiger partial charge in [-0.2, -0.15) is 0 Å². The van der Waals surface area contributed by atoms with Crippen molar-refractivity contribution in [1.29, 1.82) is 0 Å². The predicted octanol–water partition coefficient (Wildman–Crippen LogP) is 0.636. The normalized spacial score (nSPS) is 29.6. The lowest BCUT2D eigenvalue weighted by atomic mass is 10.0. The molecule has 0 radical (unpaired) electrons. The molecule has 2 fully saturated rings. The number of carbonyl (C=O) groups is 2. The van der Waals surface area contributed by atoms with Gasteiger partial charge in [0.05, 0.1) is 12.0 Å². The van der Waals surface area contributed by atoms with Gasteiger partial charge in [0.25, 0.3) is 0 Å². The van der Waals surface area contributed by atoms with E-state index in [4.69, 9.17) is 0 Å². The van der Waals surface area contributed by atoms with E-state index in [1.54, 1.807) is 11.8 Å². The molecule has 2 heterocycles. The van der Waals surface area contributed by atoms with Crippen molar-refractivity contribution in [3.63, 3.8) is 0 Å². The maximum absolute atomic E-state index is 12.0. The highest BCUT2D eigenvalue weighted by Crippen LogP contribution is 2.54. The van der Waals surface area contributed by atoms with E-state index in [0.717, 1.165) is 11.1 Å². The number of hydrogen-bond donors (Lipinski definition) is 0. The van der Waals surface area contributed by atoms with Crippen molar-refractivity contribution in [2.75, 3.05) is 5.75 Å². The molecule has 3 rings (SSSR count). The Morgan fingerprint density at radius 3 is 2.74 bits per heavy atom. The van der Waals surface area contributed by atoms with Crippen molar-refractivity contribution in [1.82, 2.24) is 4.90 Å². The third-order valence-electron chi connectivity index (χ3n) is 3.90. The highest BCUT2D eigenvalue weighted by molar-refractivity contribution is 8.00. The average Bonchev–Trinajstić information content (AvgIpc) is 2.90. The van der Waals surface area contributed by atoms with Gasteiger partial charge in [-0.3, -0.25) is 4.79 Å². The number of thioether (sulfide) groups is 1. The van der Waals surface area contributed by atoms with Crippen molar-refractivity contribution in [2.45, 2.75) is 30.7 Å². The number of aliphatic carboxylic acids is 1. The number of amides is 1. The topological polar surface area (TPSA) is 60.4 Å². The minimum Gasteiger partial charge on any atom is -0.548 e. The number of carboxylic acid groups (broad SMARTS) is 1. The van der Waals surface area contributed by atoms with Crippen LogP contribution in [0.1, 0.15) is 24.0 Å². The summed E-state index contributed by atoms with van der Waals surface area (Å²) in [4.78, 5) is 24.3. The molecule has 0 unspecified atom stereocenters. The van der Waals surface area contributed by atoms with E-state index in [9.17, 15) is 14.7 Å². The third-order valence-corrected chi connectivity index (χ3v) is 5.50. The highest BCUT2D eigenvalue weighted by atomic mass is 32.2. The second-order valence-electron chi connectivity index (χ2n) is 5.06. The fourth-order valence-corrected chi connectivity index (χ4v) is 4.57. The lowest BCUT2D eigenvalue weighted by Gasteiger charge is -2.34. The molecule has 0 aliphatic carbocycles. The lowest BCUT2D eigenvalue weighted by molar-refractivity contribution is -0.310. The van der Waals surface area contributed by atoms with Crippen molar-refractivity contribution in [2.24, 2.45) is 0 Å². The molecule has 1 aromatic rings. The Labute approximate surface area is 115 Å². The zero-order valence-corrected chi connectivity index (χ0v) is 11.4. The largest absolute Gasteiger partial charge is 0.548 e. The van der Waals surface area contributed by atoms with Gasteiger partial charge in [0.2, 0.25) is 5.91 Å². The van der Waals surface area contributed by atoms with Crippen molar-refractivity contribution in [3.05, 3.63) is 35.4 Å². The molecular formula is C14H14NO3S-. The van der Waals surface area contributed by atoms with Gasteiger partial charge < -0.3 is 14.8 Å². The Hall–Kier alpha value is -1.49. The second-order valence-corrected chi connectivity index (χ2v) is 6.36. The van der Waals surface area contributed by atoms with Gasteiger partial charge >= 0.3 is 0 Å². The maximum Gasteiger partial charge on any atom is 0.224 e. The molecule has 2 aliphatic heterocycles. The van der Waals surface area contributed by atoms with Gasteiger partial charge in [0.1, 0.15) is 4.87 Å². The van der Waals surface area contributed by atoms with Crippen LogP contribution in [0.4, 0.5) is 0 Å². The van der Waals surface area contributed by atoms with E-state index in [2.05, 4.69) is 0 Å². The molecule has 1 aromatic carbocycles. The molecule has 0 bridgehead atoms. The summed E-state index contributed by atoms with van der Waals surface area (Å²) >= 11 is 1.54. The van der Waals surface area contributed by atoms with Crippen molar-refractivity contribution >= 4 is 23.6 Å². The first-order valence-corrected chi connectivity index (χ1v) is 7.27. The Morgan fingerprint density at radius 2 is 2.11 bits per heavy atom. The van der Waals surface area contributed by atoms with E-state index in [-0.39, 0.29) is 5.91 Å². The molecule has 1 amide bonds. The van der Waals surface area contributed by atoms with Crippen LogP contribution in [0.25, 0.3) is 0 Å². The summed E-state index contributed by atoms with van der Waals surface area (Å²) < 4.78 is 0. The van der Waals surface area contributed by atoms with Crippen LogP contribution < -0.4 is 5.11 Å². The molecule has 5 heteroatoms. The Balaban J connectivity index is 2.05. The molecule has 0 spiro atoms. The minimum atomic E-state index is -1.16. The zero-order chi connectivity index (χ0) is 13.6. The first kappa shape index (κ1) is 12.5. The molecular weight excluding hydrogens is 262 g/mol. The van der Waals surface area contributed by atoms with Crippen LogP contribution in [0.2, 0.25) is 0 Å². The zero-order valence-electron chi connectivity index (χ0n) is 10.6. The summed E-state index contributed by atoms with van der Waals surface area (Å²) in [6, 6.07) is 7.17. The molecule has 4 nitrogen and oxygen atoms in total. The smallest absolute Gasteiger partial charge is 0.224 e. The van der Waals surface area contributed by atoms with Crippen LogP contribution in [-0.4, -0.2) is 28.6 Å². The quantitative estimate of drug-likeness (QED) is 0.795. The Morgan fingerprint density at radius 1 is 1.42 bits per heavy atom. The Bertz CT molecular complexity index is 542. The fraction of sp³-hybridized carbons (Fsp3) is 0.429. The van der Waals surface area contributed by atoms with Crippen molar-refractivity contribution in [3.8, 4) is 0 Å². The van der Waals surface area contributed by atoms with E-state index in [1.807, 2.05) is 31.2 Å². The first-order valence-electron chi connectivity index (χ1n) is 6.29. The standard InChI is InChI=1S/C14H15NO3S/c1-9-2-4-10(5-3-9)14-7-6-12(16)15(14)11(8-19-14)13(17)18/h2-5,11H,6-8H2,1H3,(H,17,18)/p-1/t11-,14-/m0/s1. The van der Waals surface area contributed by atoms with Gasteiger partial charge in [-0.05, 0) is 18.9 Å². The first-order chi connectivity index (χ1) is 9.04. The minimum absolute atomic E-state index is 0.0835. The van der Waals surface area contributed by atoms with E-state index < -0.39 is 16.9 Å². The van der Waals surface area contributed by atoms with Crippen LogP contribution in [0.15, 0.2) is 24.3 Å². The van der Waals surface area contributed by atoms with Gasteiger partial charge in [-0.25, -0.2) is 0 Å². The Kier molecular flexibility index (Phi) is 2.82. The number of hydrogen-bond acceptors (Lipinski definition) is 4. The monoisotopic (exact) mass is 276 g/mol. The third kappa shape index (κ3) is 1.75. The van der Waals surface area contributed by atoms with Crippen LogP contribution >= 0.6 is 11.8 Å². The highest BCUT2D eigenvalue weighted by Gasteiger charge is 2.54. The van der Waals surface area contributed by atoms with Crippen LogP contribution in [-0.2, 0) is 14.5 Å². The van der Waals surface area contributed by atoms with Gasteiger partial charge in [0.15, 0.2) is 0 Å². The number of carbonyl (C=O) groups excluding carboxylic acids is 2. The van der Waals surface area contributed by atoms with Gasteiger partial charge in [0, 0.05) is 12.2 Å². The molecule has 2 saturated heterocycles. The van der Waals surface area contributed by atoms with Gasteiger partial charge in [-0.15, -0.1) is 11.8 Å². The fourth-order valence-electron chi connectivity index (χ4n) is 2.93. The van der Waals surface area contributed by atoms with Crippen molar-refractivity contribution < 1.29 is 14.7 Å². The number of rotatable bonds is 2. The van der Waals surface area contributed by atoms with E-state index in [0.29, 0.717) is 18.6 Å². The number of nitrogens with zero attached hydrogens (tertiary/aromatic N) is 1. The number of carboxylic acids is 1. The maximum atomic E-state index is 12.0. The summed E-state index contributed by atoms with van der Waals surface area (Å²) in [5.41, 5.74) is 2.16. The molecule has 0 N–H and O–H groups in total.